The molecule has 1 aliphatic heterocycles. The van der Waals surface area contributed by atoms with Crippen molar-refractivity contribution in [3.05, 3.63) is 23.2 Å². The Morgan fingerprint density at radius 2 is 2.21 bits per heavy atom. The van der Waals surface area contributed by atoms with Crippen molar-refractivity contribution < 1.29 is 4.79 Å². The number of nitrogens with zero attached hydrogens (tertiary/aromatic N) is 2. The summed E-state index contributed by atoms with van der Waals surface area (Å²) in [5.41, 5.74) is 1.82. The largest absolute Gasteiger partial charge is 0.350 e. The van der Waals surface area contributed by atoms with Crippen LogP contribution in [0.15, 0.2) is 17.5 Å². The average Bonchev–Trinajstić information content (AvgIpc) is 3.17. The summed E-state index contributed by atoms with van der Waals surface area (Å²) in [7, 11) is 0. The third-order valence-electron chi connectivity index (χ3n) is 5.47. The van der Waals surface area contributed by atoms with Crippen LogP contribution in [0.5, 0.6) is 0 Å². The molecule has 2 aliphatic rings. The lowest BCUT2D eigenvalue weighted by molar-refractivity contribution is 0.0699. The highest BCUT2D eigenvalue weighted by Gasteiger charge is 2.33. The predicted molar refractivity (Wildman–Crippen MR) is 99.6 cm³/mol. The molecule has 0 spiro atoms. The highest BCUT2D eigenvalue weighted by Crippen LogP contribution is 2.32. The lowest BCUT2D eigenvalue weighted by Crippen LogP contribution is -2.46. The van der Waals surface area contributed by atoms with Gasteiger partial charge in [-0.15, -0.1) is 11.3 Å². The van der Waals surface area contributed by atoms with Crippen LogP contribution in [0, 0.1) is 11.8 Å². The van der Waals surface area contributed by atoms with Crippen molar-refractivity contribution in [1.29, 1.82) is 0 Å². The number of carbonyl (C=O) groups is 1. The molecule has 2 fully saturated rings. The van der Waals surface area contributed by atoms with E-state index in [1.807, 2.05) is 12.1 Å². The number of H-pyrrole nitrogens is 1. The van der Waals surface area contributed by atoms with Gasteiger partial charge in [-0.25, -0.2) is 0 Å². The highest BCUT2D eigenvalue weighted by molar-refractivity contribution is 7.17. The van der Waals surface area contributed by atoms with Gasteiger partial charge in [0.25, 0.3) is 5.91 Å². The van der Waals surface area contributed by atoms with Crippen LogP contribution < -0.4 is 0 Å². The van der Waals surface area contributed by atoms with E-state index in [-0.39, 0.29) is 5.91 Å². The second-order valence-electron chi connectivity index (χ2n) is 7.74. The molecule has 4 rings (SSSR count). The number of fused-ring (bicyclic) bond motifs is 1. The topological polar surface area (TPSA) is 39.3 Å². The second kappa shape index (κ2) is 6.52. The van der Waals surface area contributed by atoms with Crippen LogP contribution in [-0.2, 0) is 0 Å². The summed E-state index contributed by atoms with van der Waals surface area (Å²) in [6.07, 6.45) is 3.86. The van der Waals surface area contributed by atoms with Crippen LogP contribution in [0.4, 0.5) is 0 Å². The molecule has 0 aromatic carbocycles. The molecule has 2 aromatic rings. The Hall–Kier alpha value is -1.33. The minimum atomic E-state index is 0.164. The van der Waals surface area contributed by atoms with Crippen molar-refractivity contribution in [3.63, 3.8) is 0 Å². The number of aromatic amines is 1. The first-order valence-corrected chi connectivity index (χ1v) is 10.1. The summed E-state index contributed by atoms with van der Waals surface area (Å²) in [4.78, 5) is 21.0. The fraction of sp³-hybridized carbons (Fsp3) is 0.632. The molecule has 1 saturated carbocycles. The predicted octanol–water partition coefficient (Wildman–Crippen LogP) is 3.81. The Labute approximate surface area is 147 Å². The Kier molecular flexibility index (Phi) is 4.39. The van der Waals surface area contributed by atoms with Crippen LogP contribution in [0.25, 0.3) is 10.2 Å². The number of carbonyl (C=O) groups excluding carboxylic acids is 1. The normalized spacial score (nSPS) is 23.1. The van der Waals surface area contributed by atoms with E-state index >= 15 is 0 Å². The van der Waals surface area contributed by atoms with Gasteiger partial charge in [-0.3, -0.25) is 9.69 Å². The fourth-order valence-electron chi connectivity index (χ4n) is 3.87. The van der Waals surface area contributed by atoms with Crippen LogP contribution in [0.2, 0.25) is 0 Å². The van der Waals surface area contributed by atoms with Gasteiger partial charge in [-0.1, -0.05) is 13.8 Å². The van der Waals surface area contributed by atoms with Crippen LogP contribution >= 0.6 is 11.3 Å². The maximum atomic E-state index is 13.0. The maximum absolute atomic E-state index is 13.0. The molecule has 1 atom stereocenters. The van der Waals surface area contributed by atoms with Crippen molar-refractivity contribution in [1.82, 2.24) is 14.8 Å². The number of rotatable bonds is 4. The Morgan fingerprint density at radius 1 is 1.38 bits per heavy atom. The van der Waals surface area contributed by atoms with Gasteiger partial charge in [0.1, 0.15) is 5.69 Å². The number of thiophene rings is 1. The maximum Gasteiger partial charge on any atom is 0.270 e. The molecule has 3 heterocycles. The lowest BCUT2D eigenvalue weighted by atomic mass is 10.0. The zero-order valence-electron chi connectivity index (χ0n) is 14.6. The first-order chi connectivity index (χ1) is 11.6. The number of hydrogen-bond acceptors (Lipinski definition) is 3. The van der Waals surface area contributed by atoms with Gasteiger partial charge in [0.2, 0.25) is 0 Å². The summed E-state index contributed by atoms with van der Waals surface area (Å²) in [5, 5.41) is 2.06. The minimum absolute atomic E-state index is 0.164. The number of hydrogen-bond donors (Lipinski definition) is 1. The first-order valence-electron chi connectivity index (χ1n) is 9.21. The van der Waals surface area contributed by atoms with Crippen molar-refractivity contribution in [2.45, 2.75) is 39.2 Å². The van der Waals surface area contributed by atoms with E-state index in [1.165, 1.54) is 24.1 Å². The van der Waals surface area contributed by atoms with Gasteiger partial charge in [0.05, 0.1) is 10.2 Å². The minimum Gasteiger partial charge on any atom is -0.350 e. The first kappa shape index (κ1) is 16.2. The van der Waals surface area contributed by atoms with Crippen LogP contribution in [0.3, 0.4) is 0 Å². The van der Waals surface area contributed by atoms with E-state index in [0.717, 1.165) is 43.2 Å². The average molecular weight is 346 g/mol. The van der Waals surface area contributed by atoms with E-state index in [1.54, 1.807) is 11.3 Å². The lowest BCUT2D eigenvalue weighted by Gasteiger charge is -2.34. The van der Waals surface area contributed by atoms with E-state index < -0.39 is 0 Å². The van der Waals surface area contributed by atoms with Gasteiger partial charge < -0.3 is 9.88 Å². The monoisotopic (exact) mass is 345 g/mol. The van der Waals surface area contributed by atoms with Gasteiger partial charge in [0.15, 0.2) is 0 Å². The molecule has 0 unspecified atom stereocenters. The third-order valence-corrected chi connectivity index (χ3v) is 6.33. The van der Waals surface area contributed by atoms with E-state index in [2.05, 4.69) is 34.0 Å². The number of aromatic nitrogens is 1. The molecular weight excluding hydrogens is 318 g/mol. The van der Waals surface area contributed by atoms with Gasteiger partial charge in [0, 0.05) is 32.2 Å². The SMILES string of the molecule is CC(C)[C@H]1CN(C(=O)c2cc3sccc3[nH]2)CCCN1CC1CC1. The van der Waals surface area contributed by atoms with E-state index in [0.29, 0.717) is 12.0 Å². The molecule has 1 N–H and O–H groups in total. The van der Waals surface area contributed by atoms with Crippen LogP contribution in [-0.4, -0.2) is 52.9 Å². The summed E-state index contributed by atoms with van der Waals surface area (Å²) in [6, 6.07) is 4.54. The summed E-state index contributed by atoms with van der Waals surface area (Å²) < 4.78 is 1.17. The number of nitrogens with one attached hydrogen (secondary N) is 1. The molecule has 0 radical (unpaired) electrons. The van der Waals surface area contributed by atoms with Crippen molar-refractivity contribution in [2.75, 3.05) is 26.2 Å². The molecule has 5 heteroatoms. The fourth-order valence-corrected chi connectivity index (χ4v) is 4.66. The molecule has 2 aromatic heterocycles. The molecular formula is C19H27N3OS. The summed E-state index contributed by atoms with van der Waals surface area (Å²) >= 11 is 1.69. The zero-order valence-corrected chi connectivity index (χ0v) is 15.4. The molecule has 24 heavy (non-hydrogen) atoms. The zero-order chi connectivity index (χ0) is 16.7. The number of amides is 1. The Bertz CT molecular complexity index is 687. The second-order valence-corrected chi connectivity index (χ2v) is 8.68. The molecule has 1 aliphatic carbocycles. The van der Waals surface area contributed by atoms with Gasteiger partial charge in [-0.2, -0.15) is 0 Å². The standard InChI is InChI=1S/C19H27N3OS/c1-13(2)17-12-22(8-3-7-21(17)11-14-4-5-14)19(23)16-10-18-15(20-16)6-9-24-18/h6,9-10,13-14,17,20H,3-5,7-8,11-12H2,1-2H3/t17-/m1/s1. The molecule has 1 amide bonds. The third kappa shape index (κ3) is 3.24. The van der Waals surface area contributed by atoms with Gasteiger partial charge >= 0.3 is 0 Å². The summed E-state index contributed by atoms with van der Waals surface area (Å²) in [6.45, 7) is 8.67. The smallest absolute Gasteiger partial charge is 0.270 e. The molecule has 130 valence electrons. The quantitative estimate of drug-likeness (QED) is 0.915. The highest BCUT2D eigenvalue weighted by atomic mass is 32.1. The van der Waals surface area contributed by atoms with Crippen molar-refractivity contribution in [3.8, 4) is 0 Å². The van der Waals surface area contributed by atoms with Crippen molar-refractivity contribution >= 4 is 27.5 Å². The Balaban J connectivity index is 1.51. The van der Waals surface area contributed by atoms with E-state index in [4.69, 9.17) is 0 Å². The van der Waals surface area contributed by atoms with Crippen LogP contribution in [0.1, 0.15) is 43.6 Å². The van der Waals surface area contributed by atoms with E-state index in [9.17, 15) is 4.79 Å². The molecule has 0 bridgehead atoms. The Morgan fingerprint density at radius 3 is 2.92 bits per heavy atom. The summed E-state index contributed by atoms with van der Waals surface area (Å²) in [5.74, 6) is 1.64. The van der Waals surface area contributed by atoms with Gasteiger partial charge in [-0.05, 0) is 48.6 Å². The molecule has 4 nitrogen and oxygen atoms in total. The van der Waals surface area contributed by atoms with Crippen molar-refractivity contribution in [2.24, 2.45) is 11.8 Å². The molecule has 1 saturated heterocycles.